The molecule has 3 nitrogen and oxygen atoms in total. The summed E-state index contributed by atoms with van der Waals surface area (Å²) in [6.07, 6.45) is -4.51. The first-order chi connectivity index (χ1) is 9.43. The first kappa shape index (κ1) is 21.2. The Hall–Kier alpha value is -0.760. The lowest BCUT2D eigenvalue weighted by molar-refractivity contribution is -0.137. The fourth-order valence-electron chi connectivity index (χ4n) is 2.37. The van der Waals surface area contributed by atoms with Crippen LogP contribution in [0.25, 0.3) is 0 Å². The molecule has 0 amide bonds. The summed E-state index contributed by atoms with van der Waals surface area (Å²) in [6.45, 7) is 1.52. The van der Waals surface area contributed by atoms with Crippen molar-refractivity contribution < 1.29 is 22.7 Å². The molecule has 1 atom stereocenters. The normalized spacial score (nSPS) is 17.3. The lowest BCUT2D eigenvalue weighted by atomic mass is 10.0. The van der Waals surface area contributed by atoms with Crippen LogP contribution in [0.1, 0.15) is 17.2 Å². The molecule has 2 rings (SSSR count). The molecule has 1 aromatic carbocycles. The molecule has 1 aromatic rings. The highest BCUT2D eigenvalue weighted by atomic mass is 35.5. The van der Waals surface area contributed by atoms with Gasteiger partial charge in [0.1, 0.15) is 12.4 Å². The van der Waals surface area contributed by atoms with Crippen molar-refractivity contribution in [1.29, 1.82) is 0 Å². The molecule has 0 spiro atoms. The number of phenolic OH excluding ortho intramolecular Hbond substituents is 1. The van der Waals surface area contributed by atoms with Crippen LogP contribution in [0.15, 0.2) is 18.2 Å². The van der Waals surface area contributed by atoms with E-state index in [1.54, 1.807) is 4.90 Å². The Morgan fingerprint density at radius 2 is 1.77 bits per heavy atom. The van der Waals surface area contributed by atoms with E-state index in [1.807, 2.05) is 0 Å². The molecule has 9 heteroatoms. The van der Waals surface area contributed by atoms with E-state index in [9.17, 15) is 22.7 Å². The van der Waals surface area contributed by atoms with Gasteiger partial charge in [0.25, 0.3) is 0 Å². The molecule has 0 radical (unpaired) electrons. The average Bonchev–Trinajstić information content (AvgIpc) is 2.41. The van der Waals surface area contributed by atoms with Crippen molar-refractivity contribution in [3.8, 4) is 5.75 Å². The van der Waals surface area contributed by atoms with Crippen molar-refractivity contribution in [3.63, 3.8) is 0 Å². The van der Waals surface area contributed by atoms with E-state index >= 15 is 0 Å². The monoisotopic (exact) mass is 364 g/mol. The fraction of sp³-hybridized carbons (Fsp3) is 0.538. The van der Waals surface area contributed by atoms with Crippen molar-refractivity contribution >= 4 is 24.8 Å². The zero-order valence-corrected chi connectivity index (χ0v) is 13.2. The third kappa shape index (κ3) is 4.87. The number of halogens is 6. The topological polar surface area (TPSA) is 35.5 Å². The lowest BCUT2D eigenvalue weighted by Crippen LogP contribution is -2.45. The Balaban J connectivity index is 0.00000220. The van der Waals surface area contributed by atoms with Gasteiger partial charge in [-0.2, -0.15) is 13.2 Å². The molecule has 0 aromatic heterocycles. The second kappa shape index (κ2) is 8.76. The van der Waals surface area contributed by atoms with Crippen LogP contribution in [0.5, 0.6) is 5.75 Å². The zero-order chi connectivity index (χ0) is 14.8. The number of rotatable bonds is 3. The van der Waals surface area contributed by atoms with Gasteiger partial charge in [-0.1, -0.05) is 0 Å². The van der Waals surface area contributed by atoms with Crippen molar-refractivity contribution in [3.05, 3.63) is 29.3 Å². The van der Waals surface area contributed by atoms with Gasteiger partial charge >= 0.3 is 6.18 Å². The highest BCUT2D eigenvalue weighted by Crippen LogP contribution is 2.36. The van der Waals surface area contributed by atoms with Crippen molar-refractivity contribution in [1.82, 2.24) is 10.2 Å². The van der Waals surface area contributed by atoms with Gasteiger partial charge in [0.2, 0.25) is 0 Å². The second-order valence-corrected chi connectivity index (χ2v) is 4.73. The standard InChI is InChI=1S/C13H16F4N2O.2ClH/c14-8-11(19-5-3-18-4-6-19)10-7-9(13(15,16)17)1-2-12(10)20;;/h1-2,7,11,18,20H,3-6,8H2;2*1H/t11-;;/m1../s1. The number of nitrogens with one attached hydrogen (secondary N) is 1. The maximum absolute atomic E-state index is 13.3. The number of aromatic hydroxyl groups is 1. The number of hydrogen-bond donors (Lipinski definition) is 2. The molecule has 22 heavy (non-hydrogen) atoms. The number of benzene rings is 1. The van der Waals surface area contributed by atoms with Crippen LogP contribution in [0.3, 0.4) is 0 Å². The van der Waals surface area contributed by atoms with Crippen LogP contribution < -0.4 is 5.32 Å². The molecule has 1 aliphatic heterocycles. The molecular formula is C13H18Cl2F4N2O. The molecule has 0 aliphatic carbocycles. The number of phenols is 1. The van der Waals surface area contributed by atoms with E-state index < -0.39 is 24.5 Å². The van der Waals surface area contributed by atoms with E-state index in [0.29, 0.717) is 26.2 Å². The summed E-state index contributed by atoms with van der Waals surface area (Å²) >= 11 is 0. The third-order valence-corrected chi connectivity index (χ3v) is 3.45. The molecule has 128 valence electrons. The maximum atomic E-state index is 13.3. The van der Waals surface area contributed by atoms with E-state index in [4.69, 9.17) is 0 Å². The summed E-state index contributed by atoms with van der Waals surface area (Å²) in [6, 6.07) is 1.76. The summed E-state index contributed by atoms with van der Waals surface area (Å²) in [5.41, 5.74) is -0.886. The number of hydrogen-bond acceptors (Lipinski definition) is 3. The van der Waals surface area contributed by atoms with E-state index in [2.05, 4.69) is 5.32 Å². The Morgan fingerprint density at radius 1 is 1.18 bits per heavy atom. The highest BCUT2D eigenvalue weighted by Gasteiger charge is 2.33. The Bertz CT molecular complexity index is 468. The average molecular weight is 365 g/mol. The van der Waals surface area contributed by atoms with Crippen LogP contribution in [0.4, 0.5) is 17.6 Å². The zero-order valence-electron chi connectivity index (χ0n) is 11.6. The SMILES string of the molecule is Cl.Cl.Oc1ccc(C(F)(F)F)cc1[C@@H](CF)N1CCNCC1. The van der Waals surface area contributed by atoms with Crippen molar-refractivity contribution in [2.24, 2.45) is 0 Å². The minimum Gasteiger partial charge on any atom is -0.508 e. The molecule has 1 saturated heterocycles. The molecule has 1 heterocycles. The molecule has 1 aliphatic rings. The van der Waals surface area contributed by atoms with E-state index in [1.165, 1.54) is 0 Å². The number of alkyl halides is 4. The molecular weight excluding hydrogens is 347 g/mol. The Morgan fingerprint density at radius 3 is 2.27 bits per heavy atom. The third-order valence-electron chi connectivity index (χ3n) is 3.45. The smallest absolute Gasteiger partial charge is 0.416 e. The minimum atomic E-state index is -4.51. The first-order valence-electron chi connectivity index (χ1n) is 6.34. The van der Waals surface area contributed by atoms with Crippen LogP contribution in [0, 0.1) is 0 Å². The fourth-order valence-corrected chi connectivity index (χ4v) is 2.37. The van der Waals surface area contributed by atoms with Crippen LogP contribution in [0.2, 0.25) is 0 Å². The first-order valence-corrected chi connectivity index (χ1v) is 6.34. The molecule has 2 N–H and O–H groups in total. The van der Waals surface area contributed by atoms with E-state index in [0.717, 1.165) is 18.2 Å². The van der Waals surface area contributed by atoms with Gasteiger partial charge in [0.05, 0.1) is 11.6 Å². The van der Waals surface area contributed by atoms with Gasteiger partial charge in [-0.15, -0.1) is 24.8 Å². The quantitative estimate of drug-likeness (QED) is 0.808. The maximum Gasteiger partial charge on any atom is 0.416 e. The Labute approximate surface area is 138 Å². The molecule has 0 unspecified atom stereocenters. The van der Waals surface area contributed by atoms with Gasteiger partial charge in [-0.3, -0.25) is 4.90 Å². The Kier molecular flexibility index (Phi) is 8.46. The van der Waals surface area contributed by atoms with Crippen LogP contribution in [-0.4, -0.2) is 42.9 Å². The second-order valence-electron chi connectivity index (χ2n) is 4.73. The van der Waals surface area contributed by atoms with Crippen molar-refractivity contribution in [2.75, 3.05) is 32.9 Å². The summed E-state index contributed by atoms with van der Waals surface area (Å²) < 4.78 is 51.4. The van der Waals surface area contributed by atoms with Gasteiger partial charge in [-0.25, -0.2) is 4.39 Å². The van der Waals surface area contributed by atoms with Gasteiger partial charge < -0.3 is 10.4 Å². The predicted octanol–water partition coefficient (Wildman–Crippen LogP) is 3.17. The predicted molar refractivity (Wildman–Crippen MR) is 80.8 cm³/mol. The number of nitrogens with zero attached hydrogens (tertiary/aromatic N) is 1. The molecule has 0 saturated carbocycles. The van der Waals surface area contributed by atoms with Gasteiger partial charge in [-0.05, 0) is 18.2 Å². The van der Waals surface area contributed by atoms with Gasteiger partial charge in [0.15, 0.2) is 0 Å². The van der Waals surface area contributed by atoms with E-state index in [-0.39, 0.29) is 36.1 Å². The molecule has 0 bridgehead atoms. The summed E-state index contributed by atoms with van der Waals surface area (Å²) in [5, 5.41) is 12.8. The highest BCUT2D eigenvalue weighted by molar-refractivity contribution is 5.85. The minimum absolute atomic E-state index is 0. The lowest BCUT2D eigenvalue weighted by Gasteiger charge is -2.34. The van der Waals surface area contributed by atoms with Crippen LogP contribution in [-0.2, 0) is 6.18 Å². The van der Waals surface area contributed by atoms with Crippen LogP contribution >= 0.6 is 24.8 Å². The van der Waals surface area contributed by atoms with Crippen molar-refractivity contribution in [2.45, 2.75) is 12.2 Å². The molecule has 1 fully saturated rings. The largest absolute Gasteiger partial charge is 0.508 e. The summed E-state index contributed by atoms with van der Waals surface area (Å²) in [4.78, 5) is 1.74. The summed E-state index contributed by atoms with van der Waals surface area (Å²) in [7, 11) is 0. The summed E-state index contributed by atoms with van der Waals surface area (Å²) in [5.74, 6) is -0.306. The number of piperazine rings is 1. The van der Waals surface area contributed by atoms with Gasteiger partial charge in [0, 0.05) is 31.7 Å².